The average molecular weight is 369 g/mol. The summed E-state index contributed by atoms with van der Waals surface area (Å²) in [7, 11) is 0. The molecule has 0 aromatic heterocycles. The number of nitrogens with one attached hydrogen (secondary N) is 1. The van der Waals surface area contributed by atoms with Gasteiger partial charge in [0.1, 0.15) is 5.75 Å². The molecule has 0 aliphatic heterocycles. The van der Waals surface area contributed by atoms with Crippen LogP contribution in [0.1, 0.15) is 11.1 Å². The molecule has 0 bridgehead atoms. The Morgan fingerprint density at radius 3 is 2.44 bits per heavy atom. The summed E-state index contributed by atoms with van der Waals surface area (Å²) in [4.78, 5) is 13.0. The van der Waals surface area contributed by atoms with Gasteiger partial charge in [-0.2, -0.15) is 13.2 Å². The van der Waals surface area contributed by atoms with Crippen LogP contribution in [0.5, 0.6) is 5.75 Å². The molecule has 25 heavy (non-hydrogen) atoms. The van der Waals surface area contributed by atoms with E-state index in [-0.39, 0.29) is 11.7 Å². The van der Waals surface area contributed by atoms with E-state index in [4.69, 9.17) is 0 Å². The molecular formula is C18H18F3NO2S. The van der Waals surface area contributed by atoms with Gasteiger partial charge in [0.2, 0.25) is 5.91 Å². The highest BCUT2D eigenvalue weighted by Crippen LogP contribution is 2.21. The Morgan fingerprint density at radius 2 is 1.80 bits per heavy atom. The minimum absolute atomic E-state index is 0.106. The number of hydrogen-bond acceptors (Lipinski definition) is 3. The van der Waals surface area contributed by atoms with Crippen molar-refractivity contribution in [2.75, 3.05) is 12.4 Å². The van der Waals surface area contributed by atoms with E-state index in [1.165, 1.54) is 23.9 Å². The van der Waals surface area contributed by atoms with Gasteiger partial charge in [-0.15, -0.1) is 11.8 Å². The number of benzene rings is 2. The van der Waals surface area contributed by atoms with Crippen molar-refractivity contribution in [2.24, 2.45) is 0 Å². The fourth-order valence-corrected chi connectivity index (χ4v) is 2.84. The zero-order valence-electron chi connectivity index (χ0n) is 13.6. The van der Waals surface area contributed by atoms with Crippen molar-refractivity contribution >= 4 is 17.7 Å². The normalized spacial score (nSPS) is 11.2. The van der Waals surface area contributed by atoms with Gasteiger partial charge < -0.3 is 10.1 Å². The van der Waals surface area contributed by atoms with E-state index >= 15 is 0 Å². The van der Waals surface area contributed by atoms with Gasteiger partial charge in [0.25, 0.3) is 0 Å². The molecule has 2 aromatic rings. The third-order valence-corrected chi connectivity index (χ3v) is 4.44. The van der Waals surface area contributed by atoms with Gasteiger partial charge in [-0.05, 0) is 36.2 Å². The van der Waals surface area contributed by atoms with Crippen LogP contribution in [0.15, 0.2) is 53.4 Å². The summed E-state index contributed by atoms with van der Waals surface area (Å²) in [5, 5.41) is 2.78. The summed E-state index contributed by atoms with van der Waals surface area (Å²) in [6.45, 7) is 0.981. The maximum atomic E-state index is 12.1. The van der Waals surface area contributed by atoms with Crippen LogP contribution >= 0.6 is 11.8 Å². The van der Waals surface area contributed by atoms with Crippen molar-refractivity contribution in [2.45, 2.75) is 24.5 Å². The van der Waals surface area contributed by atoms with Gasteiger partial charge in [-0.25, -0.2) is 0 Å². The predicted molar refractivity (Wildman–Crippen MR) is 91.7 cm³/mol. The first-order valence-electron chi connectivity index (χ1n) is 7.57. The number of aryl methyl sites for hydroxylation is 1. The Hall–Kier alpha value is -2.15. The molecule has 0 heterocycles. The third-order valence-electron chi connectivity index (χ3n) is 3.27. The van der Waals surface area contributed by atoms with Gasteiger partial charge in [0.15, 0.2) is 6.61 Å². The molecular weight excluding hydrogens is 351 g/mol. The lowest BCUT2D eigenvalue weighted by Gasteiger charge is -2.10. The number of carbonyl (C=O) groups is 1. The van der Waals surface area contributed by atoms with Crippen LogP contribution in [0.3, 0.4) is 0 Å². The highest BCUT2D eigenvalue weighted by molar-refractivity contribution is 8.00. The zero-order valence-corrected chi connectivity index (χ0v) is 14.4. The van der Waals surface area contributed by atoms with Crippen LogP contribution in [0.2, 0.25) is 0 Å². The summed E-state index contributed by atoms with van der Waals surface area (Å²) in [5.41, 5.74) is 1.91. The van der Waals surface area contributed by atoms with Crippen LogP contribution in [0.4, 0.5) is 13.2 Å². The Balaban J connectivity index is 1.75. The molecule has 1 N–H and O–H groups in total. The largest absolute Gasteiger partial charge is 0.484 e. The molecule has 0 spiro atoms. The van der Waals surface area contributed by atoms with Crippen molar-refractivity contribution in [1.82, 2.24) is 5.32 Å². The van der Waals surface area contributed by atoms with Crippen LogP contribution in [-0.4, -0.2) is 24.4 Å². The van der Waals surface area contributed by atoms with Gasteiger partial charge in [-0.1, -0.05) is 30.3 Å². The molecule has 0 saturated heterocycles. The highest BCUT2D eigenvalue weighted by atomic mass is 32.2. The van der Waals surface area contributed by atoms with Crippen LogP contribution < -0.4 is 10.1 Å². The molecule has 1 amide bonds. The van der Waals surface area contributed by atoms with E-state index in [1.54, 1.807) is 12.1 Å². The zero-order chi connectivity index (χ0) is 18.3. The smallest absolute Gasteiger partial charge is 0.422 e. The van der Waals surface area contributed by atoms with Gasteiger partial charge in [0, 0.05) is 11.4 Å². The Kier molecular flexibility index (Phi) is 6.75. The van der Waals surface area contributed by atoms with Crippen molar-refractivity contribution < 1.29 is 22.7 Å². The van der Waals surface area contributed by atoms with E-state index in [0.717, 1.165) is 16.0 Å². The summed E-state index contributed by atoms with van der Waals surface area (Å²) in [5.74, 6) is 0.339. The summed E-state index contributed by atoms with van der Waals surface area (Å²) in [6.07, 6.45) is -4.36. The first-order chi connectivity index (χ1) is 11.8. The van der Waals surface area contributed by atoms with E-state index in [1.807, 2.05) is 31.2 Å². The molecule has 0 unspecified atom stereocenters. The first-order valence-corrected chi connectivity index (χ1v) is 8.56. The molecule has 0 atom stereocenters. The first kappa shape index (κ1) is 19.2. The molecule has 2 rings (SSSR count). The molecule has 0 fully saturated rings. The fraction of sp³-hybridized carbons (Fsp3) is 0.278. The SMILES string of the molecule is Cc1ccccc1SCC(=O)NCc1ccc(OCC(F)(F)F)cc1. The summed E-state index contributed by atoms with van der Waals surface area (Å²) < 4.78 is 40.9. The third kappa shape index (κ3) is 7.09. The Morgan fingerprint density at radius 1 is 1.12 bits per heavy atom. The van der Waals surface area contributed by atoms with Crippen molar-refractivity contribution in [3.05, 3.63) is 59.7 Å². The lowest BCUT2D eigenvalue weighted by Crippen LogP contribution is -2.24. The Labute approximate surface area is 148 Å². The Bertz CT molecular complexity index is 702. The molecule has 2 aromatic carbocycles. The van der Waals surface area contributed by atoms with Gasteiger partial charge >= 0.3 is 6.18 Å². The molecule has 0 aliphatic rings. The second kappa shape index (κ2) is 8.80. The monoisotopic (exact) mass is 369 g/mol. The molecule has 3 nitrogen and oxygen atoms in total. The molecule has 0 saturated carbocycles. The lowest BCUT2D eigenvalue weighted by molar-refractivity contribution is -0.153. The maximum Gasteiger partial charge on any atom is 0.422 e. The van der Waals surface area contributed by atoms with Crippen molar-refractivity contribution in [3.8, 4) is 5.75 Å². The number of hydrogen-bond donors (Lipinski definition) is 1. The van der Waals surface area contributed by atoms with Crippen LogP contribution in [0, 0.1) is 6.92 Å². The number of thioether (sulfide) groups is 1. The molecule has 7 heteroatoms. The van der Waals surface area contributed by atoms with E-state index in [0.29, 0.717) is 12.3 Å². The number of alkyl halides is 3. The average Bonchev–Trinajstić information content (AvgIpc) is 2.57. The van der Waals surface area contributed by atoms with Crippen molar-refractivity contribution in [3.63, 3.8) is 0 Å². The second-order valence-electron chi connectivity index (χ2n) is 5.38. The number of amides is 1. The molecule has 0 radical (unpaired) electrons. The molecule has 0 aliphatic carbocycles. The number of ether oxygens (including phenoxy) is 1. The number of halogens is 3. The fourth-order valence-electron chi connectivity index (χ4n) is 1.98. The molecule has 134 valence electrons. The van der Waals surface area contributed by atoms with Crippen LogP contribution in [-0.2, 0) is 11.3 Å². The quantitative estimate of drug-likeness (QED) is 0.738. The second-order valence-corrected chi connectivity index (χ2v) is 6.40. The summed E-state index contributed by atoms with van der Waals surface area (Å²) in [6, 6.07) is 14.0. The van der Waals surface area contributed by atoms with Crippen LogP contribution in [0.25, 0.3) is 0 Å². The number of carbonyl (C=O) groups excluding carboxylic acids is 1. The minimum atomic E-state index is -4.36. The lowest BCUT2D eigenvalue weighted by atomic mass is 10.2. The summed E-state index contributed by atoms with van der Waals surface area (Å²) >= 11 is 1.46. The van der Waals surface area contributed by atoms with Gasteiger partial charge in [0.05, 0.1) is 5.75 Å². The predicted octanol–water partition coefficient (Wildman–Crippen LogP) is 4.34. The number of rotatable bonds is 7. The van der Waals surface area contributed by atoms with Gasteiger partial charge in [-0.3, -0.25) is 4.79 Å². The topological polar surface area (TPSA) is 38.3 Å². The van der Waals surface area contributed by atoms with E-state index < -0.39 is 12.8 Å². The van der Waals surface area contributed by atoms with Crippen molar-refractivity contribution in [1.29, 1.82) is 0 Å². The maximum absolute atomic E-state index is 12.1. The standard InChI is InChI=1S/C18H18F3NO2S/c1-13-4-2-3-5-16(13)25-11-17(23)22-10-14-6-8-15(9-7-14)24-12-18(19,20)21/h2-9H,10-12H2,1H3,(H,22,23). The highest BCUT2D eigenvalue weighted by Gasteiger charge is 2.28. The minimum Gasteiger partial charge on any atom is -0.484 e. The van der Waals surface area contributed by atoms with E-state index in [9.17, 15) is 18.0 Å². The van der Waals surface area contributed by atoms with E-state index in [2.05, 4.69) is 10.1 Å².